The van der Waals surface area contributed by atoms with Crippen LogP contribution in [0.3, 0.4) is 0 Å². The maximum atomic E-state index is 2.50. The van der Waals surface area contributed by atoms with Gasteiger partial charge >= 0.3 is 0 Å². The van der Waals surface area contributed by atoms with Crippen LogP contribution in [0, 0.1) is 0 Å². The van der Waals surface area contributed by atoms with E-state index in [1.165, 1.54) is 72.3 Å². The smallest absolute Gasteiger partial charge is 0.0726 e. The van der Waals surface area contributed by atoms with Crippen molar-refractivity contribution >= 4 is 17.1 Å². The van der Waals surface area contributed by atoms with E-state index in [1.54, 1.807) is 0 Å². The molecule has 0 fully saturated rings. The van der Waals surface area contributed by atoms with Crippen LogP contribution >= 0.6 is 0 Å². The van der Waals surface area contributed by atoms with E-state index < -0.39 is 5.41 Å². The molecule has 0 unspecified atom stereocenters. The average Bonchev–Trinajstić information content (AvgIpc) is 3.69. The minimum Gasteiger partial charge on any atom is -0.310 e. The first-order valence-corrected chi connectivity index (χ1v) is 19.0. The summed E-state index contributed by atoms with van der Waals surface area (Å²) in [5, 5.41) is 0. The molecule has 1 nitrogen and oxygen atoms in total. The van der Waals surface area contributed by atoms with Gasteiger partial charge in [-0.05, 0) is 103 Å². The van der Waals surface area contributed by atoms with Gasteiger partial charge in [0.1, 0.15) is 0 Å². The second-order valence-corrected chi connectivity index (χ2v) is 15.7. The number of rotatable bonds is 5. The molecule has 1 spiro atoms. The van der Waals surface area contributed by atoms with Gasteiger partial charge in [0.2, 0.25) is 0 Å². The van der Waals surface area contributed by atoms with Gasteiger partial charge in [-0.2, -0.15) is 0 Å². The summed E-state index contributed by atoms with van der Waals surface area (Å²) in [5.74, 6) is 0. The molecule has 258 valence electrons. The normalized spacial score (nSPS) is 13.2. The van der Waals surface area contributed by atoms with Crippen molar-refractivity contribution in [3.05, 3.63) is 222 Å². The summed E-state index contributed by atoms with van der Waals surface area (Å²) in [6.07, 6.45) is 0. The molecule has 1 heteroatoms. The molecule has 0 aliphatic heterocycles. The van der Waals surface area contributed by atoms with E-state index in [-0.39, 0.29) is 5.41 Å². The first-order chi connectivity index (χ1) is 26.4. The van der Waals surface area contributed by atoms with Crippen molar-refractivity contribution in [2.24, 2.45) is 0 Å². The van der Waals surface area contributed by atoms with E-state index in [0.29, 0.717) is 0 Å². The van der Waals surface area contributed by atoms with Crippen LogP contribution in [0.5, 0.6) is 0 Å². The van der Waals surface area contributed by atoms with Crippen LogP contribution < -0.4 is 4.90 Å². The molecule has 0 amide bonds. The fourth-order valence-electron chi connectivity index (χ4n) is 9.34. The van der Waals surface area contributed by atoms with E-state index in [9.17, 15) is 0 Å². The molecule has 0 saturated carbocycles. The Balaban J connectivity index is 1.27. The highest BCUT2D eigenvalue weighted by molar-refractivity contribution is 5.97. The Kier molecular flexibility index (Phi) is 7.35. The second-order valence-electron chi connectivity index (χ2n) is 15.7. The minimum atomic E-state index is -0.423. The van der Waals surface area contributed by atoms with Crippen LogP contribution in [-0.2, 0) is 10.8 Å². The summed E-state index contributed by atoms with van der Waals surface area (Å²) in [7, 11) is 0. The lowest BCUT2D eigenvalue weighted by Crippen LogP contribution is -2.26. The van der Waals surface area contributed by atoms with Crippen LogP contribution in [0.25, 0.3) is 44.5 Å². The topological polar surface area (TPSA) is 3.24 Å². The predicted octanol–water partition coefficient (Wildman–Crippen LogP) is 14.1. The highest BCUT2D eigenvalue weighted by atomic mass is 15.1. The molecule has 8 aromatic carbocycles. The van der Waals surface area contributed by atoms with Crippen LogP contribution in [0.1, 0.15) is 48.6 Å². The average molecular weight is 692 g/mol. The summed E-state index contributed by atoms with van der Waals surface area (Å²) in [5.41, 5.74) is 19.8. The molecule has 0 bridgehead atoms. The Bertz CT molecular complexity index is 2630. The number of hydrogen-bond acceptors (Lipinski definition) is 1. The zero-order chi connectivity index (χ0) is 36.4. The molecule has 0 heterocycles. The molecular weight excluding hydrogens is 651 g/mol. The Labute approximate surface area is 318 Å². The van der Waals surface area contributed by atoms with Crippen molar-refractivity contribution in [1.29, 1.82) is 0 Å². The van der Waals surface area contributed by atoms with Gasteiger partial charge in [-0.1, -0.05) is 185 Å². The fraction of sp³-hybridized carbons (Fsp3) is 0.0943. The number of anilines is 3. The largest absolute Gasteiger partial charge is 0.310 e. The number of fused-ring (bicyclic) bond motifs is 10. The molecule has 2 aliphatic rings. The van der Waals surface area contributed by atoms with Crippen LogP contribution in [0.4, 0.5) is 17.1 Å². The third-order valence-electron chi connectivity index (χ3n) is 11.6. The molecule has 0 atom stereocenters. The lowest BCUT2D eigenvalue weighted by atomic mass is 9.70. The number of hydrogen-bond donors (Lipinski definition) is 0. The van der Waals surface area contributed by atoms with Gasteiger partial charge in [0.25, 0.3) is 0 Å². The van der Waals surface area contributed by atoms with Crippen molar-refractivity contribution in [2.75, 3.05) is 4.90 Å². The SMILES string of the molecule is CC(C)(C)c1cc(N(c2ccc3c(c2)C2(c4ccccc4-c4ccccc42)c2ccccc2-3)c2ccccc2-c2ccccc2)ccc1-c1ccccc1. The van der Waals surface area contributed by atoms with Gasteiger partial charge in [-0.25, -0.2) is 0 Å². The third-order valence-corrected chi connectivity index (χ3v) is 11.6. The van der Waals surface area contributed by atoms with Crippen molar-refractivity contribution in [3.8, 4) is 44.5 Å². The highest BCUT2D eigenvalue weighted by Crippen LogP contribution is 2.63. The molecule has 0 saturated heterocycles. The van der Waals surface area contributed by atoms with Gasteiger partial charge in [0, 0.05) is 16.9 Å². The first-order valence-electron chi connectivity index (χ1n) is 19.0. The maximum absolute atomic E-state index is 2.50. The molecule has 0 radical (unpaired) electrons. The Morgan fingerprint density at radius 1 is 0.352 bits per heavy atom. The zero-order valence-corrected chi connectivity index (χ0v) is 30.9. The molecule has 10 rings (SSSR count). The van der Waals surface area contributed by atoms with Crippen molar-refractivity contribution in [1.82, 2.24) is 0 Å². The van der Waals surface area contributed by atoms with Gasteiger partial charge in [-0.3, -0.25) is 0 Å². The Morgan fingerprint density at radius 2 is 0.759 bits per heavy atom. The first kappa shape index (κ1) is 32.2. The number of benzene rings is 8. The van der Waals surface area contributed by atoms with Gasteiger partial charge < -0.3 is 4.90 Å². The molecule has 0 N–H and O–H groups in total. The molecule has 54 heavy (non-hydrogen) atoms. The minimum absolute atomic E-state index is 0.0906. The van der Waals surface area contributed by atoms with Crippen LogP contribution in [0.15, 0.2) is 194 Å². The van der Waals surface area contributed by atoms with E-state index in [2.05, 4.69) is 220 Å². The van der Waals surface area contributed by atoms with E-state index in [1.807, 2.05) is 0 Å². The quantitative estimate of drug-likeness (QED) is 0.174. The standard InChI is InChI=1S/C53H41N/c1-52(2,3)49-34-38(30-32-40(49)36-18-6-4-7-19-36)54(51-29-17-13-22-41(51)37-20-8-5-9-21-37)39-31-33-45-44-25-12-16-28-48(44)53(50(45)35-39)46-26-14-10-23-42(46)43-24-11-15-27-47(43)53/h4-35H,1-3H3. The summed E-state index contributed by atoms with van der Waals surface area (Å²) in [6, 6.07) is 71.9. The lowest BCUT2D eigenvalue weighted by molar-refractivity contribution is 0.592. The zero-order valence-electron chi connectivity index (χ0n) is 30.9. The second kappa shape index (κ2) is 12.3. The van der Waals surface area contributed by atoms with Crippen molar-refractivity contribution in [2.45, 2.75) is 31.6 Å². The predicted molar refractivity (Wildman–Crippen MR) is 227 cm³/mol. The Morgan fingerprint density at radius 3 is 1.30 bits per heavy atom. The summed E-state index contributed by atoms with van der Waals surface area (Å²) >= 11 is 0. The summed E-state index contributed by atoms with van der Waals surface area (Å²) in [6.45, 7) is 6.98. The number of nitrogens with zero attached hydrogens (tertiary/aromatic N) is 1. The monoisotopic (exact) mass is 691 g/mol. The van der Waals surface area contributed by atoms with E-state index in [4.69, 9.17) is 0 Å². The summed E-state index contributed by atoms with van der Waals surface area (Å²) < 4.78 is 0. The van der Waals surface area contributed by atoms with Crippen LogP contribution in [-0.4, -0.2) is 0 Å². The molecule has 0 aromatic heterocycles. The van der Waals surface area contributed by atoms with E-state index >= 15 is 0 Å². The number of para-hydroxylation sites is 1. The van der Waals surface area contributed by atoms with Crippen LogP contribution in [0.2, 0.25) is 0 Å². The third kappa shape index (κ3) is 4.78. The van der Waals surface area contributed by atoms with Crippen molar-refractivity contribution < 1.29 is 0 Å². The highest BCUT2D eigenvalue weighted by Gasteiger charge is 2.51. The lowest BCUT2D eigenvalue weighted by Gasteiger charge is -2.33. The molecule has 8 aromatic rings. The summed E-state index contributed by atoms with van der Waals surface area (Å²) in [4.78, 5) is 2.50. The van der Waals surface area contributed by atoms with Crippen molar-refractivity contribution in [3.63, 3.8) is 0 Å². The fourth-order valence-corrected chi connectivity index (χ4v) is 9.34. The van der Waals surface area contributed by atoms with Gasteiger partial charge in [0.05, 0.1) is 11.1 Å². The van der Waals surface area contributed by atoms with Gasteiger partial charge in [-0.15, -0.1) is 0 Å². The Hall–Kier alpha value is -6.44. The van der Waals surface area contributed by atoms with E-state index in [0.717, 1.165) is 17.1 Å². The molecular formula is C53H41N. The maximum Gasteiger partial charge on any atom is 0.0726 e. The van der Waals surface area contributed by atoms with Gasteiger partial charge in [0.15, 0.2) is 0 Å². The molecule has 2 aliphatic carbocycles.